The van der Waals surface area contributed by atoms with Crippen LogP contribution in [0, 0.1) is 23.5 Å². The Labute approximate surface area is 156 Å². The van der Waals surface area contributed by atoms with Crippen molar-refractivity contribution in [2.24, 2.45) is 4.99 Å². The number of benzene rings is 3. The molecule has 3 aromatic rings. The molecule has 0 radical (unpaired) electrons. The molecule has 0 aliphatic carbocycles. The number of ether oxygens (including phenoxy) is 1. The standard InChI is InChI=1S/C23H15F2NO/c24-19-10-5-11-20(25)22(19)23-26-21(15-27-23)18-9-4-8-17(14-18)13-12-16-6-2-1-3-7-16/h1-11,14,21H,15H2. The Morgan fingerprint density at radius 2 is 1.48 bits per heavy atom. The zero-order chi connectivity index (χ0) is 18.6. The van der Waals surface area contributed by atoms with Gasteiger partial charge in [0.15, 0.2) is 0 Å². The summed E-state index contributed by atoms with van der Waals surface area (Å²) in [6.45, 7) is 0.235. The number of aliphatic imine (C=N–C) groups is 1. The number of nitrogens with zero attached hydrogens (tertiary/aromatic N) is 1. The molecule has 4 heteroatoms. The summed E-state index contributed by atoms with van der Waals surface area (Å²) in [5.74, 6) is 4.87. The van der Waals surface area contributed by atoms with Crippen LogP contribution in [0.4, 0.5) is 8.78 Å². The zero-order valence-electron chi connectivity index (χ0n) is 14.3. The third kappa shape index (κ3) is 3.73. The number of halogens is 2. The van der Waals surface area contributed by atoms with E-state index in [1.54, 1.807) is 0 Å². The second kappa shape index (κ2) is 7.43. The highest BCUT2D eigenvalue weighted by atomic mass is 19.1. The Kier molecular flexibility index (Phi) is 4.67. The average molecular weight is 359 g/mol. The van der Waals surface area contributed by atoms with Crippen molar-refractivity contribution in [1.29, 1.82) is 0 Å². The van der Waals surface area contributed by atoms with Gasteiger partial charge in [-0.3, -0.25) is 0 Å². The molecule has 1 aliphatic heterocycles. The fourth-order valence-corrected chi connectivity index (χ4v) is 2.87. The van der Waals surface area contributed by atoms with E-state index in [-0.39, 0.29) is 24.1 Å². The molecule has 132 valence electrons. The first-order valence-corrected chi connectivity index (χ1v) is 8.53. The smallest absolute Gasteiger partial charge is 0.222 e. The van der Waals surface area contributed by atoms with Crippen molar-refractivity contribution in [1.82, 2.24) is 0 Å². The molecular weight excluding hydrogens is 344 g/mol. The zero-order valence-corrected chi connectivity index (χ0v) is 14.3. The molecule has 0 amide bonds. The maximum atomic E-state index is 13.9. The summed E-state index contributed by atoms with van der Waals surface area (Å²) in [5, 5.41) is 0. The van der Waals surface area contributed by atoms with Gasteiger partial charge in [-0.05, 0) is 42.0 Å². The van der Waals surface area contributed by atoms with Crippen molar-refractivity contribution < 1.29 is 13.5 Å². The summed E-state index contributed by atoms with van der Waals surface area (Å²) >= 11 is 0. The van der Waals surface area contributed by atoms with Gasteiger partial charge >= 0.3 is 0 Å². The third-order valence-corrected chi connectivity index (χ3v) is 4.22. The molecule has 1 unspecified atom stereocenters. The van der Waals surface area contributed by atoms with Crippen LogP contribution in [0.25, 0.3) is 0 Å². The van der Waals surface area contributed by atoms with Crippen LogP contribution in [-0.2, 0) is 4.74 Å². The van der Waals surface area contributed by atoms with Crippen molar-refractivity contribution in [3.63, 3.8) is 0 Å². The highest BCUT2D eigenvalue weighted by Crippen LogP contribution is 2.27. The summed E-state index contributed by atoms with van der Waals surface area (Å²) in [7, 11) is 0. The normalized spacial score (nSPS) is 15.5. The van der Waals surface area contributed by atoms with Crippen molar-refractivity contribution in [3.8, 4) is 11.8 Å². The molecule has 0 aromatic heterocycles. The second-order valence-corrected chi connectivity index (χ2v) is 6.10. The minimum Gasteiger partial charge on any atom is -0.475 e. The second-order valence-electron chi connectivity index (χ2n) is 6.10. The minimum absolute atomic E-state index is 0.00336. The van der Waals surface area contributed by atoms with Gasteiger partial charge in [0.2, 0.25) is 5.90 Å². The lowest BCUT2D eigenvalue weighted by molar-refractivity contribution is 0.317. The SMILES string of the molecule is Fc1cccc(F)c1C1=NC(c2cccc(C#Cc3ccccc3)c2)CO1. The van der Waals surface area contributed by atoms with Gasteiger partial charge < -0.3 is 4.74 Å². The van der Waals surface area contributed by atoms with Crippen LogP contribution in [0.1, 0.15) is 28.3 Å². The van der Waals surface area contributed by atoms with E-state index in [0.29, 0.717) is 0 Å². The van der Waals surface area contributed by atoms with Crippen LogP contribution in [0.3, 0.4) is 0 Å². The molecule has 4 rings (SSSR count). The summed E-state index contributed by atoms with van der Waals surface area (Å²) in [6.07, 6.45) is 0. The van der Waals surface area contributed by atoms with Crippen LogP contribution in [0.5, 0.6) is 0 Å². The van der Waals surface area contributed by atoms with E-state index in [1.165, 1.54) is 18.2 Å². The number of hydrogen-bond donors (Lipinski definition) is 0. The molecule has 0 fully saturated rings. The maximum absolute atomic E-state index is 13.9. The quantitative estimate of drug-likeness (QED) is 0.598. The third-order valence-electron chi connectivity index (χ3n) is 4.22. The predicted molar refractivity (Wildman–Crippen MR) is 100 cm³/mol. The van der Waals surface area contributed by atoms with E-state index < -0.39 is 11.6 Å². The summed E-state index contributed by atoms with van der Waals surface area (Å²) < 4.78 is 33.3. The lowest BCUT2D eigenvalue weighted by atomic mass is 10.0. The monoisotopic (exact) mass is 359 g/mol. The minimum atomic E-state index is -0.683. The van der Waals surface area contributed by atoms with E-state index >= 15 is 0 Å². The van der Waals surface area contributed by atoms with Crippen molar-refractivity contribution in [2.75, 3.05) is 6.61 Å². The fraction of sp³-hybridized carbons (Fsp3) is 0.0870. The van der Waals surface area contributed by atoms with Gasteiger partial charge in [-0.25, -0.2) is 13.8 Å². The van der Waals surface area contributed by atoms with E-state index in [9.17, 15) is 8.78 Å². The van der Waals surface area contributed by atoms with E-state index in [4.69, 9.17) is 4.74 Å². The number of hydrogen-bond acceptors (Lipinski definition) is 2. The Balaban J connectivity index is 1.60. The molecule has 0 N–H and O–H groups in total. The number of rotatable bonds is 2. The van der Waals surface area contributed by atoms with Gasteiger partial charge in [0, 0.05) is 11.1 Å². The molecule has 1 aliphatic rings. The van der Waals surface area contributed by atoms with E-state index in [1.807, 2.05) is 54.6 Å². The van der Waals surface area contributed by atoms with Gasteiger partial charge in [0.05, 0.1) is 0 Å². The Morgan fingerprint density at radius 3 is 2.26 bits per heavy atom. The maximum Gasteiger partial charge on any atom is 0.222 e. The fourth-order valence-electron chi connectivity index (χ4n) is 2.87. The van der Waals surface area contributed by atoms with Crippen LogP contribution < -0.4 is 0 Å². The summed E-state index contributed by atoms with van der Waals surface area (Å²) in [5.41, 5.74) is 2.45. The lowest BCUT2D eigenvalue weighted by Crippen LogP contribution is -2.07. The van der Waals surface area contributed by atoms with Gasteiger partial charge in [0.25, 0.3) is 0 Å². The molecule has 0 spiro atoms. The predicted octanol–water partition coefficient (Wildman–Crippen LogP) is 4.88. The van der Waals surface area contributed by atoms with Crippen LogP contribution in [0.15, 0.2) is 77.8 Å². The van der Waals surface area contributed by atoms with Crippen molar-refractivity contribution in [3.05, 3.63) is 107 Å². The molecule has 27 heavy (non-hydrogen) atoms. The van der Waals surface area contributed by atoms with Crippen molar-refractivity contribution >= 4 is 5.90 Å². The molecule has 0 saturated carbocycles. The molecule has 0 bridgehead atoms. The highest BCUT2D eigenvalue weighted by Gasteiger charge is 2.26. The molecule has 2 nitrogen and oxygen atoms in total. The van der Waals surface area contributed by atoms with Gasteiger partial charge in [-0.15, -0.1) is 0 Å². The van der Waals surface area contributed by atoms with Gasteiger partial charge in [-0.1, -0.05) is 48.2 Å². The van der Waals surface area contributed by atoms with Gasteiger partial charge in [-0.2, -0.15) is 0 Å². The molecule has 3 aromatic carbocycles. The van der Waals surface area contributed by atoms with E-state index in [0.717, 1.165) is 16.7 Å². The topological polar surface area (TPSA) is 21.6 Å². The van der Waals surface area contributed by atoms with Crippen LogP contribution in [-0.4, -0.2) is 12.5 Å². The highest BCUT2D eigenvalue weighted by molar-refractivity contribution is 5.95. The van der Waals surface area contributed by atoms with Crippen LogP contribution >= 0.6 is 0 Å². The largest absolute Gasteiger partial charge is 0.475 e. The Bertz CT molecular complexity index is 1040. The first-order valence-electron chi connectivity index (χ1n) is 8.53. The Morgan fingerprint density at radius 1 is 0.815 bits per heavy atom. The molecule has 1 heterocycles. The molecular formula is C23H15F2NO. The van der Waals surface area contributed by atoms with Crippen molar-refractivity contribution in [2.45, 2.75) is 6.04 Å². The van der Waals surface area contributed by atoms with Crippen LogP contribution in [0.2, 0.25) is 0 Å². The first-order chi connectivity index (χ1) is 13.2. The lowest BCUT2D eigenvalue weighted by Gasteiger charge is -2.05. The van der Waals surface area contributed by atoms with E-state index in [2.05, 4.69) is 16.8 Å². The molecule has 1 atom stereocenters. The summed E-state index contributed by atoms with van der Waals surface area (Å²) in [4.78, 5) is 4.38. The van der Waals surface area contributed by atoms with Gasteiger partial charge in [0.1, 0.15) is 29.8 Å². The average Bonchev–Trinajstić information content (AvgIpc) is 3.17. The first kappa shape index (κ1) is 17.0. The Hall–Kier alpha value is -3.45. The molecule has 0 saturated heterocycles. The summed E-state index contributed by atoms with van der Waals surface area (Å²) in [6, 6.07) is 20.7.